The molecule has 1 rings (SSSR count). The molecule has 0 N–H and O–H groups in total. The maximum Gasteiger partial charge on any atom is 0.386 e. The normalized spacial score (nSPS) is 9.94. The fourth-order valence-electron chi connectivity index (χ4n) is 1.06. The third kappa shape index (κ3) is 3.54. The highest BCUT2D eigenvalue weighted by Crippen LogP contribution is 2.25. The molecule has 0 aliphatic heterocycles. The number of rotatable bonds is 2. The number of ether oxygens (including phenoxy) is 1. The number of hydrogen-bond donors (Lipinski definition) is 0. The summed E-state index contributed by atoms with van der Waals surface area (Å²) >= 11 is 6.63. The van der Waals surface area contributed by atoms with Crippen LogP contribution in [-0.2, 0) is 14.3 Å². The Morgan fingerprint density at radius 3 is 2.69 bits per heavy atom. The van der Waals surface area contributed by atoms with Crippen molar-refractivity contribution >= 4 is 34.4 Å². The zero-order valence-electron chi connectivity index (χ0n) is 8.95. The van der Waals surface area contributed by atoms with Crippen LogP contribution in [0.4, 0.5) is 0 Å². The van der Waals surface area contributed by atoms with Crippen molar-refractivity contribution < 1.29 is 14.3 Å². The first kappa shape index (κ1) is 13.1. The second kappa shape index (κ2) is 5.92. The predicted octanol–water partition coefficient (Wildman–Crippen LogP) is 2.83. The summed E-state index contributed by atoms with van der Waals surface area (Å²) < 4.78 is 4.60. The maximum absolute atomic E-state index is 11.4. The van der Waals surface area contributed by atoms with Crippen LogP contribution >= 0.6 is 23.4 Å². The van der Waals surface area contributed by atoms with E-state index in [1.165, 1.54) is 0 Å². The summed E-state index contributed by atoms with van der Waals surface area (Å²) in [7, 11) is 0. The van der Waals surface area contributed by atoms with Crippen molar-refractivity contribution in [2.45, 2.75) is 18.7 Å². The first-order valence-corrected chi connectivity index (χ1v) is 5.89. The van der Waals surface area contributed by atoms with Gasteiger partial charge in [0.15, 0.2) is 0 Å². The zero-order valence-corrected chi connectivity index (χ0v) is 10.5. The van der Waals surface area contributed by atoms with Crippen LogP contribution in [0.2, 0.25) is 5.02 Å². The summed E-state index contributed by atoms with van der Waals surface area (Å²) in [5.41, 5.74) is 0.857. The molecule has 3 nitrogen and oxygen atoms in total. The molecule has 5 heteroatoms. The van der Waals surface area contributed by atoms with Crippen molar-refractivity contribution in [2.75, 3.05) is 6.61 Å². The molecule has 0 bridgehead atoms. The van der Waals surface area contributed by atoms with Crippen molar-refractivity contribution in [2.24, 2.45) is 0 Å². The molecule has 0 saturated heterocycles. The van der Waals surface area contributed by atoms with E-state index in [1.54, 1.807) is 25.1 Å². The lowest BCUT2D eigenvalue weighted by molar-refractivity contribution is -0.149. The Balaban J connectivity index is 2.73. The van der Waals surface area contributed by atoms with Gasteiger partial charge < -0.3 is 4.74 Å². The standard InChI is InChI=1S/C11H11ClO3S/c1-3-15-10(13)11(14)16-9-5-4-8(12)6-7(9)2/h4-6H,3H2,1-2H3. The van der Waals surface area contributed by atoms with E-state index in [9.17, 15) is 9.59 Å². The largest absolute Gasteiger partial charge is 0.460 e. The molecule has 0 aliphatic rings. The molecule has 0 fully saturated rings. The lowest BCUT2D eigenvalue weighted by Crippen LogP contribution is -2.13. The number of hydrogen-bond acceptors (Lipinski definition) is 4. The Hall–Kier alpha value is -1.00. The molecule has 0 radical (unpaired) electrons. The summed E-state index contributed by atoms with van der Waals surface area (Å²) in [6.45, 7) is 3.68. The molecule has 16 heavy (non-hydrogen) atoms. The van der Waals surface area contributed by atoms with E-state index < -0.39 is 11.1 Å². The molecule has 0 spiro atoms. The number of halogens is 1. The van der Waals surface area contributed by atoms with E-state index in [0.717, 1.165) is 17.3 Å². The minimum Gasteiger partial charge on any atom is -0.460 e. The van der Waals surface area contributed by atoms with Gasteiger partial charge >= 0.3 is 11.1 Å². The fourth-order valence-corrected chi connectivity index (χ4v) is 1.98. The Kier molecular flexibility index (Phi) is 4.83. The predicted molar refractivity (Wildman–Crippen MR) is 63.7 cm³/mol. The first-order valence-electron chi connectivity index (χ1n) is 4.69. The third-order valence-electron chi connectivity index (χ3n) is 1.78. The molecule has 0 unspecified atom stereocenters. The van der Waals surface area contributed by atoms with E-state index in [2.05, 4.69) is 4.74 Å². The molecule has 0 saturated carbocycles. The highest BCUT2D eigenvalue weighted by molar-refractivity contribution is 8.15. The third-order valence-corrected chi connectivity index (χ3v) is 3.05. The van der Waals surface area contributed by atoms with Gasteiger partial charge in [-0.3, -0.25) is 4.79 Å². The van der Waals surface area contributed by atoms with E-state index in [4.69, 9.17) is 11.6 Å². The van der Waals surface area contributed by atoms with Gasteiger partial charge in [-0.25, -0.2) is 4.79 Å². The molecule has 86 valence electrons. The number of carbonyl (C=O) groups is 2. The molecule has 0 atom stereocenters. The van der Waals surface area contributed by atoms with Crippen molar-refractivity contribution in [1.29, 1.82) is 0 Å². The maximum atomic E-state index is 11.4. The van der Waals surface area contributed by atoms with Gasteiger partial charge in [-0.05, 0) is 49.4 Å². The van der Waals surface area contributed by atoms with Gasteiger partial charge in [0, 0.05) is 9.92 Å². The average molecular weight is 259 g/mol. The monoisotopic (exact) mass is 258 g/mol. The lowest BCUT2D eigenvalue weighted by Gasteiger charge is -2.04. The highest BCUT2D eigenvalue weighted by atomic mass is 35.5. The van der Waals surface area contributed by atoms with Gasteiger partial charge in [-0.15, -0.1) is 0 Å². The molecule has 0 amide bonds. The highest BCUT2D eigenvalue weighted by Gasteiger charge is 2.17. The van der Waals surface area contributed by atoms with Crippen LogP contribution in [0.25, 0.3) is 0 Å². The minimum absolute atomic E-state index is 0.199. The van der Waals surface area contributed by atoms with Crippen molar-refractivity contribution in [1.82, 2.24) is 0 Å². The van der Waals surface area contributed by atoms with Gasteiger partial charge in [0.25, 0.3) is 0 Å². The average Bonchev–Trinajstić information content (AvgIpc) is 2.22. The minimum atomic E-state index is -0.818. The smallest absolute Gasteiger partial charge is 0.386 e. The van der Waals surface area contributed by atoms with Crippen molar-refractivity contribution in [3.05, 3.63) is 28.8 Å². The second-order valence-corrected chi connectivity index (χ2v) is 4.47. The van der Waals surface area contributed by atoms with Gasteiger partial charge in [0.1, 0.15) is 0 Å². The molecule has 0 heterocycles. The molecular weight excluding hydrogens is 248 g/mol. The summed E-state index contributed by atoms with van der Waals surface area (Å²) in [4.78, 5) is 23.2. The molecule has 0 aromatic heterocycles. The molecule has 0 aliphatic carbocycles. The molecule has 1 aromatic rings. The van der Waals surface area contributed by atoms with Crippen LogP contribution in [0, 0.1) is 6.92 Å². The topological polar surface area (TPSA) is 43.4 Å². The van der Waals surface area contributed by atoms with E-state index in [-0.39, 0.29) is 6.61 Å². The lowest BCUT2D eigenvalue weighted by atomic mass is 10.2. The van der Waals surface area contributed by atoms with E-state index in [0.29, 0.717) is 9.92 Å². The Bertz CT molecular complexity index is 418. The van der Waals surface area contributed by atoms with Gasteiger partial charge in [-0.1, -0.05) is 11.6 Å². The molecule has 1 aromatic carbocycles. The van der Waals surface area contributed by atoms with Crippen molar-refractivity contribution in [3.63, 3.8) is 0 Å². The summed E-state index contributed by atoms with van der Waals surface area (Å²) in [6, 6.07) is 5.12. The SMILES string of the molecule is CCOC(=O)C(=O)Sc1ccc(Cl)cc1C. The van der Waals surface area contributed by atoms with Crippen LogP contribution in [0.1, 0.15) is 12.5 Å². The number of thioether (sulfide) groups is 1. The van der Waals surface area contributed by atoms with E-state index >= 15 is 0 Å². The summed E-state index contributed by atoms with van der Waals surface area (Å²) in [5.74, 6) is -0.818. The van der Waals surface area contributed by atoms with Crippen LogP contribution < -0.4 is 0 Å². The van der Waals surface area contributed by atoms with Gasteiger partial charge in [0.05, 0.1) is 6.61 Å². The first-order chi connectivity index (χ1) is 7.54. The van der Waals surface area contributed by atoms with Gasteiger partial charge in [-0.2, -0.15) is 0 Å². The number of carbonyl (C=O) groups excluding carboxylic acids is 2. The van der Waals surface area contributed by atoms with Gasteiger partial charge in [0.2, 0.25) is 0 Å². The Morgan fingerprint density at radius 2 is 2.12 bits per heavy atom. The van der Waals surface area contributed by atoms with Crippen molar-refractivity contribution in [3.8, 4) is 0 Å². The molecular formula is C11H11ClO3S. The zero-order chi connectivity index (χ0) is 12.1. The summed E-state index contributed by atoms with van der Waals surface area (Å²) in [6.07, 6.45) is 0. The summed E-state index contributed by atoms with van der Waals surface area (Å²) in [5, 5.41) is -0.0160. The van der Waals surface area contributed by atoms with Crippen LogP contribution in [0.5, 0.6) is 0 Å². The quantitative estimate of drug-likeness (QED) is 0.465. The van der Waals surface area contributed by atoms with E-state index in [1.807, 2.05) is 6.92 Å². The Labute approximate surface area is 103 Å². The number of benzene rings is 1. The van der Waals surface area contributed by atoms with Crippen LogP contribution in [0.15, 0.2) is 23.1 Å². The Morgan fingerprint density at radius 1 is 1.44 bits per heavy atom. The van der Waals surface area contributed by atoms with Crippen LogP contribution in [-0.4, -0.2) is 17.7 Å². The fraction of sp³-hybridized carbons (Fsp3) is 0.273. The van der Waals surface area contributed by atoms with Crippen LogP contribution in [0.3, 0.4) is 0 Å². The number of esters is 1. The number of aryl methyl sites for hydroxylation is 1. The second-order valence-electron chi connectivity index (χ2n) is 3.02.